The zero-order chi connectivity index (χ0) is 13.1. The van der Waals surface area contributed by atoms with E-state index < -0.39 is 5.60 Å². The van der Waals surface area contributed by atoms with Crippen LogP contribution in [0.4, 0.5) is 4.79 Å². The second-order valence-electron chi connectivity index (χ2n) is 6.29. The van der Waals surface area contributed by atoms with Crippen LogP contribution in [-0.2, 0) is 4.74 Å². The lowest BCUT2D eigenvalue weighted by atomic mass is 9.84. The van der Waals surface area contributed by atoms with Crippen molar-refractivity contribution in [2.45, 2.75) is 52.6 Å². The van der Waals surface area contributed by atoms with Crippen LogP contribution in [0.2, 0.25) is 0 Å². The maximum Gasteiger partial charge on any atom is 0.410 e. The average molecular weight is 243 g/mol. The fourth-order valence-corrected chi connectivity index (χ4v) is 2.01. The smallest absolute Gasteiger partial charge is 0.410 e. The van der Waals surface area contributed by atoms with E-state index in [1.807, 2.05) is 20.8 Å². The van der Waals surface area contributed by atoms with Gasteiger partial charge in [0.05, 0.1) is 0 Å². The fourth-order valence-electron chi connectivity index (χ4n) is 2.01. The first-order chi connectivity index (χ1) is 7.76. The van der Waals surface area contributed by atoms with Gasteiger partial charge < -0.3 is 14.7 Å². The summed E-state index contributed by atoms with van der Waals surface area (Å²) in [6.07, 6.45) is 2.49. The van der Waals surface area contributed by atoms with E-state index in [-0.39, 0.29) is 18.1 Å². The molecule has 0 radical (unpaired) electrons. The summed E-state index contributed by atoms with van der Waals surface area (Å²) in [4.78, 5) is 13.7. The minimum Gasteiger partial charge on any atom is -0.444 e. The topological polar surface area (TPSA) is 49.8 Å². The minimum atomic E-state index is -0.441. The molecule has 0 aromatic heterocycles. The molecule has 1 N–H and O–H groups in total. The summed E-state index contributed by atoms with van der Waals surface area (Å²) in [6.45, 7) is 9.29. The van der Waals surface area contributed by atoms with Gasteiger partial charge >= 0.3 is 6.09 Å². The van der Waals surface area contributed by atoms with Gasteiger partial charge in [0, 0.05) is 19.7 Å². The first-order valence-corrected chi connectivity index (χ1v) is 6.35. The van der Waals surface area contributed by atoms with Gasteiger partial charge in [-0.1, -0.05) is 6.92 Å². The number of carbonyl (C=O) groups excluding carboxylic acids is 1. The van der Waals surface area contributed by atoms with Gasteiger partial charge in [0.2, 0.25) is 0 Å². The van der Waals surface area contributed by atoms with Crippen molar-refractivity contribution in [3.63, 3.8) is 0 Å². The van der Waals surface area contributed by atoms with Crippen LogP contribution >= 0.6 is 0 Å². The number of aliphatic hydroxyl groups excluding tert-OH is 1. The van der Waals surface area contributed by atoms with Crippen LogP contribution in [0, 0.1) is 5.41 Å². The zero-order valence-corrected chi connectivity index (χ0v) is 11.5. The van der Waals surface area contributed by atoms with Crippen LogP contribution in [0.3, 0.4) is 0 Å². The lowest BCUT2D eigenvalue weighted by molar-refractivity contribution is 0.0246. The first kappa shape index (κ1) is 14.3. The number of hydrogen-bond donors (Lipinski definition) is 1. The fraction of sp³-hybridized carbons (Fsp3) is 0.923. The van der Waals surface area contributed by atoms with E-state index in [9.17, 15) is 9.90 Å². The van der Waals surface area contributed by atoms with Gasteiger partial charge in [-0.3, -0.25) is 0 Å². The van der Waals surface area contributed by atoms with Crippen molar-refractivity contribution >= 4 is 6.09 Å². The van der Waals surface area contributed by atoms with Gasteiger partial charge in [-0.25, -0.2) is 4.79 Å². The second-order valence-corrected chi connectivity index (χ2v) is 6.29. The van der Waals surface area contributed by atoms with Crippen molar-refractivity contribution in [3.05, 3.63) is 0 Å². The van der Waals surface area contributed by atoms with Gasteiger partial charge in [-0.15, -0.1) is 0 Å². The molecule has 0 aromatic carbocycles. The van der Waals surface area contributed by atoms with Gasteiger partial charge in [-0.05, 0) is 45.4 Å². The van der Waals surface area contributed by atoms with Crippen molar-refractivity contribution in [2.24, 2.45) is 5.41 Å². The van der Waals surface area contributed by atoms with Crippen LogP contribution in [0.1, 0.15) is 47.0 Å². The number of aliphatic hydroxyl groups is 1. The van der Waals surface area contributed by atoms with Crippen LogP contribution in [0.15, 0.2) is 0 Å². The Morgan fingerprint density at radius 2 is 2.00 bits per heavy atom. The zero-order valence-electron chi connectivity index (χ0n) is 11.5. The van der Waals surface area contributed by atoms with E-state index in [0.717, 1.165) is 25.8 Å². The third-order valence-corrected chi connectivity index (χ3v) is 3.23. The Bertz CT molecular complexity index is 272. The molecule has 100 valence electrons. The van der Waals surface area contributed by atoms with Crippen molar-refractivity contribution < 1.29 is 14.6 Å². The minimum absolute atomic E-state index is 0.0449. The molecule has 17 heavy (non-hydrogen) atoms. The average Bonchev–Trinajstić information content (AvgIpc) is 2.39. The Morgan fingerprint density at radius 1 is 1.35 bits per heavy atom. The highest BCUT2D eigenvalue weighted by molar-refractivity contribution is 5.68. The lowest BCUT2D eigenvalue weighted by Gasteiger charge is -2.27. The Hall–Kier alpha value is -0.770. The van der Waals surface area contributed by atoms with E-state index in [2.05, 4.69) is 6.92 Å². The molecular formula is C13H25NO3. The number of ether oxygens (including phenoxy) is 1. The molecule has 0 unspecified atom stereocenters. The molecule has 0 spiro atoms. The van der Waals surface area contributed by atoms with Crippen LogP contribution < -0.4 is 0 Å². The van der Waals surface area contributed by atoms with Gasteiger partial charge in [0.1, 0.15) is 5.60 Å². The van der Waals surface area contributed by atoms with E-state index in [1.54, 1.807) is 4.90 Å². The molecule has 1 amide bonds. The van der Waals surface area contributed by atoms with Crippen LogP contribution in [0.25, 0.3) is 0 Å². The van der Waals surface area contributed by atoms with Crippen molar-refractivity contribution in [1.82, 2.24) is 4.90 Å². The maximum absolute atomic E-state index is 11.9. The molecule has 0 aromatic rings. The normalized spacial score (nSPS) is 26.5. The number of amides is 1. The van der Waals surface area contributed by atoms with Crippen molar-refractivity contribution in [3.8, 4) is 0 Å². The molecule has 4 heteroatoms. The molecule has 1 aliphatic rings. The molecule has 0 bridgehead atoms. The summed E-state index contributed by atoms with van der Waals surface area (Å²) < 4.78 is 5.36. The summed E-state index contributed by atoms with van der Waals surface area (Å²) in [5.41, 5.74) is -0.486. The third-order valence-electron chi connectivity index (χ3n) is 3.23. The van der Waals surface area contributed by atoms with Gasteiger partial charge in [-0.2, -0.15) is 0 Å². The highest BCUT2D eigenvalue weighted by atomic mass is 16.6. The van der Waals surface area contributed by atoms with Crippen molar-refractivity contribution in [2.75, 3.05) is 19.7 Å². The van der Waals surface area contributed by atoms with Crippen LogP contribution in [-0.4, -0.2) is 41.4 Å². The number of nitrogens with zero attached hydrogens (tertiary/aromatic N) is 1. The second kappa shape index (κ2) is 5.25. The Labute approximate surface area is 104 Å². The quantitative estimate of drug-likeness (QED) is 0.769. The molecule has 0 saturated carbocycles. The van der Waals surface area contributed by atoms with E-state index in [0.29, 0.717) is 6.54 Å². The Kier molecular flexibility index (Phi) is 4.42. The maximum atomic E-state index is 11.9. The molecule has 1 atom stereocenters. The largest absolute Gasteiger partial charge is 0.444 e. The van der Waals surface area contributed by atoms with E-state index in [1.165, 1.54) is 0 Å². The Morgan fingerprint density at radius 3 is 2.53 bits per heavy atom. The highest BCUT2D eigenvalue weighted by Gasteiger charge is 2.30. The molecule has 4 nitrogen and oxygen atoms in total. The van der Waals surface area contributed by atoms with Gasteiger partial charge in [0.25, 0.3) is 0 Å². The Balaban J connectivity index is 2.54. The molecular weight excluding hydrogens is 218 g/mol. The highest BCUT2D eigenvalue weighted by Crippen LogP contribution is 2.30. The number of hydrogen-bond acceptors (Lipinski definition) is 3. The molecule has 0 aliphatic carbocycles. The summed E-state index contributed by atoms with van der Waals surface area (Å²) in [5, 5.41) is 9.35. The lowest BCUT2D eigenvalue weighted by Crippen LogP contribution is -2.37. The molecule has 1 heterocycles. The summed E-state index contributed by atoms with van der Waals surface area (Å²) >= 11 is 0. The molecule has 1 rings (SSSR count). The summed E-state index contributed by atoms with van der Waals surface area (Å²) in [6, 6.07) is 0. The number of likely N-dealkylation sites (tertiary alicyclic amines) is 1. The van der Waals surface area contributed by atoms with E-state index >= 15 is 0 Å². The molecule has 1 fully saturated rings. The number of carbonyl (C=O) groups is 1. The van der Waals surface area contributed by atoms with Gasteiger partial charge in [0.15, 0.2) is 0 Å². The molecule has 1 saturated heterocycles. The van der Waals surface area contributed by atoms with E-state index in [4.69, 9.17) is 4.74 Å². The third kappa shape index (κ3) is 4.54. The summed E-state index contributed by atoms with van der Waals surface area (Å²) in [5.74, 6) is 0. The SMILES string of the molecule is CC(C)(C)OC(=O)N1CCC[C@@](C)(CO)CC1. The van der Waals surface area contributed by atoms with Crippen LogP contribution in [0.5, 0.6) is 0 Å². The predicted octanol–water partition coefficient (Wildman–Crippen LogP) is 2.41. The predicted molar refractivity (Wildman–Crippen MR) is 66.9 cm³/mol. The molecule has 1 aliphatic heterocycles. The number of rotatable bonds is 1. The van der Waals surface area contributed by atoms with Crippen molar-refractivity contribution in [1.29, 1.82) is 0 Å². The summed E-state index contributed by atoms with van der Waals surface area (Å²) in [7, 11) is 0. The standard InChI is InChI=1S/C13H25NO3/c1-12(2,3)17-11(16)14-8-5-6-13(4,10-15)7-9-14/h15H,5-10H2,1-4H3/t13-/m1/s1. The monoisotopic (exact) mass is 243 g/mol. The first-order valence-electron chi connectivity index (χ1n) is 6.35.